The molecule has 1 N–H and O–H groups in total. The monoisotopic (exact) mass is 399 g/mol. The fraction of sp³-hybridized carbons (Fsp3) is 0.545. The topological polar surface area (TPSA) is 62.6 Å². The minimum Gasteiger partial charge on any atom is -0.373 e. The molecule has 0 unspecified atom stereocenters. The Morgan fingerprint density at radius 1 is 1.38 bits per heavy atom. The summed E-state index contributed by atoms with van der Waals surface area (Å²) in [5.74, 6) is -0.0713. The molecular formula is C22H33N5O2. The van der Waals surface area contributed by atoms with E-state index in [1.807, 2.05) is 51.6 Å². The van der Waals surface area contributed by atoms with Gasteiger partial charge in [-0.25, -0.2) is 0 Å². The van der Waals surface area contributed by atoms with E-state index in [0.29, 0.717) is 24.8 Å². The van der Waals surface area contributed by atoms with Gasteiger partial charge in [0, 0.05) is 50.7 Å². The number of aromatic nitrogens is 2. The molecule has 0 radical (unpaired) electrons. The molecule has 1 amide bonds. The van der Waals surface area contributed by atoms with Crippen molar-refractivity contribution >= 4 is 11.6 Å². The molecule has 29 heavy (non-hydrogen) atoms. The summed E-state index contributed by atoms with van der Waals surface area (Å²) >= 11 is 0. The minimum atomic E-state index is -0.127. The lowest BCUT2D eigenvalue weighted by molar-refractivity contribution is -0.0605. The molecule has 0 spiro atoms. The maximum atomic E-state index is 13.1. The van der Waals surface area contributed by atoms with Gasteiger partial charge in [-0.05, 0) is 40.0 Å². The average molecular weight is 400 g/mol. The first-order valence-corrected chi connectivity index (χ1v) is 10.2. The lowest BCUT2D eigenvalue weighted by Gasteiger charge is -2.38. The second-order valence-corrected chi connectivity index (χ2v) is 8.22. The Labute approximate surface area is 173 Å². The molecule has 1 saturated heterocycles. The van der Waals surface area contributed by atoms with Gasteiger partial charge in [0.05, 0.1) is 30.5 Å². The maximum Gasteiger partial charge on any atom is 0.253 e. The number of carbonyl (C=O) groups excluding carboxylic acids is 1. The van der Waals surface area contributed by atoms with Gasteiger partial charge in [0.15, 0.2) is 0 Å². The number of anilines is 1. The zero-order valence-electron chi connectivity index (χ0n) is 18.3. The number of nitrogens with zero attached hydrogens (tertiary/aromatic N) is 4. The van der Waals surface area contributed by atoms with E-state index >= 15 is 0 Å². The summed E-state index contributed by atoms with van der Waals surface area (Å²) in [4.78, 5) is 17.5. The van der Waals surface area contributed by atoms with Gasteiger partial charge in [0.1, 0.15) is 0 Å². The summed E-state index contributed by atoms with van der Waals surface area (Å²) in [6.07, 6.45) is 3.76. The van der Waals surface area contributed by atoms with Gasteiger partial charge < -0.3 is 15.0 Å². The van der Waals surface area contributed by atoms with Crippen LogP contribution in [-0.4, -0.2) is 66.5 Å². The molecule has 0 saturated carbocycles. The van der Waals surface area contributed by atoms with Crippen molar-refractivity contribution in [3.05, 3.63) is 47.3 Å². The highest BCUT2D eigenvalue weighted by Crippen LogP contribution is 2.28. The lowest BCUT2D eigenvalue weighted by Crippen LogP contribution is -2.48. The highest BCUT2D eigenvalue weighted by Gasteiger charge is 2.33. The van der Waals surface area contributed by atoms with E-state index in [1.165, 1.54) is 0 Å². The summed E-state index contributed by atoms with van der Waals surface area (Å²) in [7, 11) is 6.02. The Kier molecular flexibility index (Phi) is 6.59. The molecule has 1 aromatic heterocycles. The highest BCUT2D eigenvalue weighted by atomic mass is 16.5. The van der Waals surface area contributed by atoms with Crippen LogP contribution >= 0.6 is 0 Å². The van der Waals surface area contributed by atoms with Crippen LogP contribution in [0.1, 0.15) is 41.4 Å². The van der Waals surface area contributed by atoms with E-state index in [2.05, 4.69) is 41.1 Å². The molecular weight excluding hydrogens is 366 g/mol. The van der Waals surface area contributed by atoms with E-state index in [1.54, 1.807) is 4.68 Å². The Morgan fingerprint density at radius 2 is 2.14 bits per heavy atom. The third-order valence-electron chi connectivity index (χ3n) is 5.68. The predicted octanol–water partition coefficient (Wildman–Crippen LogP) is 2.37. The molecule has 2 heterocycles. The SMILES string of the molecule is Cc1ccc(N(C)C(C)C)c(C(=O)NC[C@@H]2OCCN(C)[C@H]2c2cnn(C)c2)c1. The van der Waals surface area contributed by atoms with Crippen LogP contribution < -0.4 is 10.2 Å². The number of rotatable bonds is 6. The van der Waals surface area contributed by atoms with Crippen LogP contribution in [-0.2, 0) is 11.8 Å². The Morgan fingerprint density at radius 3 is 2.79 bits per heavy atom. The van der Waals surface area contributed by atoms with Gasteiger partial charge in [0.25, 0.3) is 5.91 Å². The van der Waals surface area contributed by atoms with Crippen LogP contribution in [0.25, 0.3) is 0 Å². The number of amides is 1. The van der Waals surface area contributed by atoms with Crippen molar-refractivity contribution in [3.8, 4) is 0 Å². The number of benzene rings is 1. The quantitative estimate of drug-likeness (QED) is 0.808. The van der Waals surface area contributed by atoms with Gasteiger partial charge in [-0.15, -0.1) is 0 Å². The van der Waals surface area contributed by atoms with Crippen molar-refractivity contribution in [3.63, 3.8) is 0 Å². The molecule has 0 bridgehead atoms. The van der Waals surface area contributed by atoms with Crippen molar-refractivity contribution in [2.45, 2.75) is 39.0 Å². The molecule has 1 aliphatic rings. The fourth-order valence-electron chi connectivity index (χ4n) is 3.80. The van der Waals surface area contributed by atoms with Gasteiger partial charge in [0.2, 0.25) is 0 Å². The summed E-state index contributed by atoms with van der Waals surface area (Å²) in [5.41, 5.74) is 3.81. The summed E-state index contributed by atoms with van der Waals surface area (Å²) in [6.45, 7) is 8.19. The molecule has 7 heteroatoms. The minimum absolute atomic E-state index is 0.0630. The van der Waals surface area contributed by atoms with Crippen molar-refractivity contribution in [1.82, 2.24) is 20.0 Å². The van der Waals surface area contributed by atoms with Crippen LogP contribution in [0.3, 0.4) is 0 Å². The summed E-state index contributed by atoms with van der Waals surface area (Å²) < 4.78 is 7.85. The largest absolute Gasteiger partial charge is 0.373 e. The van der Waals surface area contributed by atoms with Gasteiger partial charge in [-0.1, -0.05) is 11.6 Å². The summed E-state index contributed by atoms with van der Waals surface area (Å²) in [6, 6.07) is 6.38. The van der Waals surface area contributed by atoms with Gasteiger partial charge >= 0.3 is 0 Å². The van der Waals surface area contributed by atoms with Crippen LogP contribution in [0.15, 0.2) is 30.6 Å². The first kappa shape index (κ1) is 21.3. The van der Waals surface area contributed by atoms with E-state index in [0.717, 1.165) is 23.4 Å². The van der Waals surface area contributed by atoms with Crippen LogP contribution in [0.2, 0.25) is 0 Å². The number of aryl methyl sites for hydroxylation is 2. The number of ether oxygens (including phenoxy) is 1. The lowest BCUT2D eigenvalue weighted by atomic mass is 10.0. The highest BCUT2D eigenvalue weighted by molar-refractivity contribution is 6.00. The zero-order valence-corrected chi connectivity index (χ0v) is 18.3. The van der Waals surface area contributed by atoms with Gasteiger partial charge in [-0.2, -0.15) is 5.10 Å². The molecule has 0 aliphatic carbocycles. The molecule has 1 aromatic carbocycles. The zero-order chi connectivity index (χ0) is 21.1. The van der Waals surface area contributed by atoms with E-state index in [-0.39, 0.29) is 18.1 Å². The van der Waals surface area contributed by atoms with Crippen molar-refractivity contribution in [2.75, 3.05) is 38.7 Å². The first-order valence-electron chi connectivity index (χ1n) is 10.2. The average Bonchev–Trinajstić information content (AvgIpc) is 3.11. The number of morpholine rings is 1. The number of nitrogens with one attached hydrogen (secondary N) is 1. The van der Waals surface area contributed by atoms with Crippen molar-refractivity contribution in [2.24, 2.45) is 7.05 Å². The van der Waals surface area contributed by atoms with E-state index < -0.39 is 0 Å². The van der Waals surface area contributed by atoms with Gasteiger partial charge in [-0.3, -0.25) is 14.4 Å². The van der Waals surface area contributed by atoms with E-state index in [4.69, 9.17) is 4.74 Å². The number of hydrogen-bond donors (Lipinski definition) is 1. The summed E-state index contributed by atoms with van der Waals surface area (Å²) in [5, 5.41) is 7.41. The molecule has 3 rings (SSSR count). The number of hydrogen-bond acceptors (Lipinski definition) is 5. The molecule has 158 valence electrons. The van der Waals surface area contributed by atoms with Crippen LogP contribution in [0, 0.1) is 6.92 Å². The Hall–Kier alpha value is -2.38. The van der Waals surface area contributed by atoms with Crippen LogP contribution in [0.4, 0.5) is 5.69 Å². The normalized spacial score (nSPS) is 20.1. The third-order valence-corrected chi connectivity index (χ3v) is 5.68. The smallest absolute Gasteiger partial charge is 0.253 e. The fourth-order valence-corrected chi connectivity index (χ4v) is 3.80. The molecule has 2 aromatic rings. The first-order chi connectivity index (χ1) is 13.8. The molecule has 1 fully saturated rings. The Balaban J connectivity index is 1.76. The standard InChI is InChI=1S/C22H33N5O2/c1-15(2)27(6)19-8-7-16(3)11-18(19)22(28)23-13-20-21(25(4)9-10-29-20)17-12-24-26(5)14-17/h7-8,11-12,14-15,20-21H,9-10,13H2,1-6H3,(H,23,28)/t20-,21-/m0/s1. The van der Waals surface area contributed by atoms with Crippen LogP contribution in [0.5, 0.6) is 0 Å². The molecule has 7 nitrogen and oxygen atoms in total. The number of likely N-dealkylation sites (N-methyl/N-ethyl adjacent to an activating group) is 1. The van der Waals surface area contributed by atoms with E-state index in [9.17, 15) is 4.79 Å². The predicted molar refractivity (Wildman–Crippen MR) is 115 cm³/mol. The second kappa shape index (κ2) is 8.97. The Bertz CT molecular complexity index is 847. The van der Waals surface area contributed by atoms with Crippen molar-refractivity contribution < 1.29 is 9.53 Å². The number of carbonyl (C=O) groups is 1. The van der Waals surface area contributed by atoms with Crippen molar-refractivity contribution in [1.29, 1.82) is 0 Å². The second-order valence-electron chi connectivity index (χ2n) is 8.22. The third kappa shape index (κ3) is 4.79. The molecule has 1 aliphatic heterocycles. The molecule has 2 atom stereocenters. The maximum absolute atomic E-state index is 13.1.